The largest absolute Gasteiger partial charge is 0.367 e. The lowest BCUT2D eigenvalue weighted by Crippen LogP contribution is -2.61. The molecule has 1 aliphatic carbocycles. The number of carbonyl (C=O) groups is 2. The summed E-state index contributed by atoms with van der Waals surface area (Å²) < 4.78 is 5.88. The van der Waals surface area contributed by atoms with E-state index >= 15 is 0 Å². The maximum atomic E-state index is 12.5. The number of morpholine rings is 1. The summed E-state index contributed by atoms with van der Waals surface area (Å²) in [5.74, 6) is -0.289. The van der Waals surface area contributed by atoms with Crippen molar-refractivity contribution in [2.24, 2.45) is 11.7 Å². The predicted molar refractivity (Wildman–Crippen MR) is 101 cm³/mol. The van der Waals surface area contributed by atoms with E-state index in [0.29, 0.717) is 19.6 Å². The van der Waals surface area contributed by atoms with Crippen LogP contribution in [0.25, 0.3) is 11.1 Å². The van der Waals surface area contributed by atoms with Crippen LogP contribution in [0.1, 0.15) is 18.4 Å². The standard InChI is InChI=1S/C21H23N3O3/c22-20(26)21(14-24(10-11-27-21)19(25)17-4-5-17)13-15-2-1-3-18(12-15)16-6-8-23-9-7-16/h1-3,6-9,12,17H,4-5,10-11,13-14H2,(H2,22,26)/t21-/m0/s1. The Balaban J connectivity index is 1.58. The van der Waals surface area contributed by atoms with Gasteiger partial charge in [0.05, 0.1) is 13.2 Å². The number of hydrogen-bond acceptors (Lipinski definition) is 4. The first-order valence-corrected chi connectivity index (χ1v) is 9.29. The summed E-state index contributed by atoms with van der Waals surface area (Å²) >= 11 is 0. The zero-order chi connectivity index (χ0) is 18.9. The van der Waals surface area contributed by atoms with Crippen molar-refractivity contribution in [3.8, 4) is 11.1 Å². The number of hydrogen-bond donors (Lipinski definition) is 1. The predicted octanol–water partition coefficient (Wildman–Crippen LogP) is 1.78. The highest BCUT2D eigenvalue weighted by Crippen LogP contribution is 2.33. The number of carbonyl (C=O) groups excluding carboxylic acids is 2. The Morgan fingerprint density at radius 3 is 2.67 bits per heavy atom. The number of ether oxygens (including phenoxy) is 1. The molecule has 1 aromatic heterocycles. The minimum atomic E-state index is -1.18. The Kier molecular flexibility index (Phi) is 4.66. The zero-order valence-electron chi connectivity index (χ0n) is 15.1. The Bertz CT molecular complexity index is 851. The molecule has 2 aromatic rings. The molecule has 140 valence electrons. The van der Waals surface area contributed by atoms with Gasteiger partial charge in [0.2, 0.25) is 5.91 Å². The smallest absolute Gasteiger partial charge is 0.251 e. The van der Waals surface area contributed by atoms with Crippen molar-refractivity contribution < 1.29 is 14.3 Å². The van der Waals surface area contributed by atoms with E-state index in [9.17, 15) is 9.59 Å². The van der Waals surface area contributed by atoms with Crippen LogP contribution in [-0.2, 0) is 20.7 Å². The fraction of sp³-hybridized carbons (Fsp3) is 0.381. The van der Waals surface area contributed by atoms with Gasteiger partial charge in [-0.05, 0) is 41.7 Å². The summed E-state index contributed by atoms with van der Waals surface area (Å²) in [4.78, 5) is 30.6. The van der Waals surface area contributed by atoms with Crippen molar-refractivity contribution in [2.75, 3.05) is 19.7 Å². The van der Waals surface area contributed by atoms with Crippen molar-refractivity contribution >= 4 is 11.8 Å². The molecule has 1 saturated carbocycles. The van der Waals surface area contributed by atoms with Gasteiger partial charge in [-0.1, -0.05) is 24.3 Å². The topological polar surface area (TPSA) is 85.5 Å². The maximum absolute atomic E-state index is 12.5. The van der Waals surface area contributed by atoms with E-state index in [1.165, 1.54) is 0 Å². The highest BCUT2D eigenvalue weighted by Gasteiger charge is 2.45. The SMILES string of the molecule is NC(=O)[C@]1(Cc2cccc(-c3ccncc3)c2)CN(C(=O)C2CC2)CCO1. The molecule has 6 heteroatoms. The minimum absolute atomic E-state index is 0.115. The molecule has 0 radical (unpaired) electrons. The van der Waals surface area contributed by atoms with Crippen LogP contribution in [0.15, 0.2) is 48.8 Å². The number of nitrogens with two attached hydrogens (primary N) is 1. The number of aromatic nitrogens is 1. The Hall–Kier alpha value is -2.73. The van der Waals surface area contributed by atoms with E-state index in [-0.39, 0.29) is 18.4 Å². The summed E-state index contributed by atoms with van der Waals surface area (Å²) in [6.07, 6.45) is 5.72. The monoisotopic (exact) mass is 365 g/mol. The molecule has 2 fully saturated rings. The lowest BCUT2D eigenvalue weighted by atomic mass is 9.90. The first-order valence-electron chi connectivity index (χ1n) is 9.29. The maximum Gasteiger partial charge on any atom is 0.251 e. The van der Waals surface area contributed by atoms with Crippen molar-refractivity contribution in [3.63, 3.8) is 0 Å². The molecule has 1 aliphatic heterocycles. The molecule has 4 rings (SSSR count). The molecule has 0 unspecified atom stereocenters. The highest BCUT2D eigenvalue weighted by atomic mass is 16.5. The molecule has 1 aromatic carbocycles. The van der Waals surface area contributed by atoms with Crippen LogP contribution in [-0.4, -0.2) is 47.0 Å². The van der Waals surface area contributed by atoms with Gasteiger partial charge in [-0.15, -0.1) is 0 Å². The van der Waals surface area contributed by atoms with Crippen LogP contribution >= 0.6 is 0 Å². The van der Waals surface area contributed by atoms with Crippen LogP contribution in [0, 0.1) is 5.92 Å². The van der Waals surface area contributed by atoms with E-state index < -0.39 is 11.5 Å². The second-order valence-corrected chi connectivity index (χ2v) is 7.35. The molecular formula is C21H23N3O3. The number of pyridine rings is 1. The van der Waals surface area contributed by atoms with Crippen molar-refractivity contribution in [2.45, 2.75) is 24.9 Å². The average molecular weight is 365 g/mol. The summed E-state index contributed by atoms with van der Waals surface area (Å²) in [5, 5.41) is 0. The Labute approximate surface area is 158 Å². The van der Waals surface area contributed by atoms with Gasteiger partial charge in [-0.2, -0.15) is 0 Å². The lowest BCUT2D eigenvalue weighted by molar-refractivity contribution is -0.164. The fourth-order valence-corrected chi connectivity index (χ4v) is 3.64. The number of rotatable bonds is 5. The van der Waals surface area contributed by atoms with Crippen LogP contribution in [0.4, 0.5) is 0 Å². The van der Waals surface area contributed by atoms with Crippen LogP contribution in [0.2, 0.25) is 0 Å². The van der Waals surface area contributed by atoms with Gasteiger partial charge in [0, 0.05) is 31.3 Å². The average Bonchev–Trinajstić information content (AvgIpc) is 3.54. The van der Waals surface area contributed by atoms with E-state index in [0.717, 1.165) is 29.5 Å². The molecule has 27 heavy (non-hydrogen) atoms. The van der Waals surface area contributed by atoms with Gasteiger partial charge < -0.3 is 15.4 Å². The van der Waals surface area contributed by atoms with E-state index in [1.807, 2.05) is 36.4 Å². The molecule has 0 bridgehead atoms. The van der Waals surface area contributed by atoms with Crippen LogP contribution in [0.5, 0.6) is 0 Å². The lowest BCUT2D eigenvalue weighted by Gasteiger charge is -2.41. The van der Waals surface area contributed by atoms with Crippen molar-refractivity contribution in [1.82, 2.24) is 9.88 Å². The molecule has 2 N–H and O–H groups in total. The van der Waals surface area contributed by atoms with Gasteiger partial charge in [0.15, 0.2) is 5.60 Å². The van der Waals surface area contributed by atoms with Gasteiger partial charge in [-0.25, -0.2) is 0 Å². The molecule has 2 heterocycles. The third-order valence-corrected chi connectivity index (χ3v) is 5.30. The molecule has 6 nitrogen and oxygen atoms in total. The summed E-state index contributed by atoms with van der Waals surface area (Å²) in [6.45, 7) is 1.06. The number of nitrogens with zero attached hydrogens (tertiary/aromatic N) is 2. The first-order chi connectivity index (χ1) is 13.1. The van der Waals surface area contributed by atoms with E-state index in [1.54, 1.807) is 17.3 Å². The van der Waals surface area contributed by atoms with Crippen molar-refractivity contribution in [1.29, 1.82) is 0 Å². The van der Waals surface area contributed by atoms with Gasteiger partial charge in [0.1, 0.15) is 0 Å². The molecule has 2 aliphatic rings. The minimum Gasteiger partial charge on any atom is -0.367 e. The normalized spacial score (nSPS) is 22.4. The third kappa shape index (κ3) is 3.71. The highest BCUT2D eigenvalue weighted by molar-refractivity contribution is 5.87. The second-order valence-electron chi connectivity index (χ2n) is 7.35. The quantitative estimate of drug-likeness (QED) is 0.875. The van der Waals surface area contributed by atoms with Crippen molar-refractivity contribution in [3.05, 3.63) is 54.4 Å². The first kappa shape index (κ1) is 17.7. The van der Waals surface area contributed by atoms with Crippen LogP contribution < -0.4 is 5.73 Å². The van der Waals surface area contributed by atoms with Gasteiger partial charge in [-0.3, -0.25) is 14.6 Å². The zero-order valence-corrected chi connectivity index (χ0v) is 15.1. The Morgan fingerprint density at radius 2 is 1.96 bits per heavy atom. The van der Waals surface area contributed by atoms with E-state index in [4.69, 9.17) is 10.5 Å². The molecule has 1 saturated heterocycles. The third-order valence-electron chi connectivity index (χ3n) is 5.30. The number of primary amides is 1. The van der Waals surface area contributed by atoms with Crippen LogP contribution in [0.3, 0.4) is 0 Å². The number of benzene rings is 1. The number of amides is 2. The Morgan fingerprint density at radius 1 is 1.19 bits per heavy atom. The molecule has 0 spiro atoms. The fourth-order valence-electron chi connectivity index (χ4n) is 3.64. The summed E-state index contributed by atoms with van der Waals surface area (Å²) in [5.41, 5.74) is 7.60. The summed E-state index contributed by atoms with van der Waals surface area (Å²) in [6, 6.07) is 11.8. The molecule has 1 atom stereocenters. The van der Waals surface area contributed by atoms with Gasteiger partial charge in [0.25, 0.3) is 5.91 Å². The summed E-state index contributed by atoms with van der Waals surface area (Å²) in [7, 11) is 0. The molecular weight excluding hydrogens is 342 g/mol. The molecule has 2 amide bonds. The van der Waals surface area contributed by atoms with E-state index in [2.05, 4.69) is 4.98 Å². The second kappa shape index (κ2) is 7.12. The van der Waals surface area contributed by atoms with Gasteiger partial charge >= 0.3 is 0 Å².